The molecule has 2 N–H and O–H groups in total. The standard InChI is InChI=1S/C12H15IN2O4/c1-2-9(16)5-6-14-12(17)10-7-8(15(18)19)3-4-11(10)13/h3-4,7,9,16H,2,5-6H2,1H3,(H,14,17). The number of hydrogen-bond acceptors (Lipinski definition) is 4. The molecule has 0 aliphatic carbocycles. The molecule has 0 saturated carbocycles. The summed E-state index contributed by atoms with van der Waals surface area (Å²) in [4.78, 5) is 22.0. The largest absolute Gasteiger partial charge is 0.393 e. The van der Waals surface area contributed by atoms with Crippen LogP contribution in [0.3, 0.4) is 0 Å². The third-order valence-electron chi connectivity index (χ3n) is 2.64. The number of carbonyl (C=O) groups is 1. The van der Waals surface area contributed by atoms with Crippen molar-refractivity contribution >= 4 is 34.2 Å². The quantitative estimate of drug-likeness (QED) is 0.451. The highest BCUT2D eigenvalue weighted by atomic mass is 127. The highest BCUT2D eigenvalue weighted by Gasteiger charge is 2.15. The Hall–Kier alpha value is -1.22. The summed E-state index contributed by atoms with van der Waals surface area (Å²) < 4.78 is 0.650. The van der Waals surface area contributed by atoms with Crippen LogP contribution in [0.2, 0.25) is 0 Å². The zero-order valence-electron chi connectivity index (χ0n) is 10.4. The van der Waals surface area contributed by atoms with E-state index in [1.165, 1.54) is 18.2 Å². The van der Waals surface area contributed by atoms with Crippen molar-refractivity contribution in [1.82, 2.24) is 5.32 Å². The van der Waals surface area contributed by atoms with Crippen LogP contribution in [0.4, 0.5) is 5.69 Å². The number of hydrogen-bond donors (Lipinski definition) is 2. The van der Waals surface area contributed by atoms with E-state index in [4.69, 9.17) is 0 Å². The van der Waals surface area contributed by atoms with Crippen molar-refractivity contribution in [2.45, 2.75) is 25.9 Å². The van der Waals surface area contributed by atoms with Gasteiger partial charge in [0.15, 0.2) is 0 Å². The second-order valence-electron chi connectivity index (χ2n) is 4.03. The molecule has 0 radical (unpaired) electrons. The molecular weight excluding hydrogens is 363 g/mol. The van der Waals surface area contributed by atoms with Gasteiger partial charge in [-0.2, -0.15) is 0 Å². The first-order chi connectivity index (χ1) is 8.95. The Kier molecular flexibility index (Phi) is 6.16. The van der Waals surface area contributed by atoms with Gasteiger partial charge in [-0.1, -0.05) is 6.92 Å². The number of non-ortho nitro benzene ring substituents is 1. The molecule has 1 aromatic rings. The SMILES string of the molecule is CCC(O)CCNC(=O)c1cc([N+](=O)[O-])ccc1I. The number of nitrogens with one attached hydrogen (secondary N) is 1. The van der Waals surface area contributed by atoms with Crippen LogP contribution >= 0.6 is 22.6 Å². The van der Waals surface area contributed by atoms with E-state index in [1.54, 1.807) is 0 Å². The summed E-state index contributed by atoms with van der Waals surface area (Å²) in [6, 6.07) is 4.15. The van der Waals surface area contributed by atoms with Gasteiger partial charge in [0.1, 0.15) is 0 Å². The van der Waals surface area contributed by atoms with Gasteiger partial charge >= 0.3 is 0 Å². The Morgan fingerprint density at radius 3 is 2.84 bits per heavy atom. The molecule has 0 bridgehead atoms. The van der Waals surface area contributed by atoms with E-state index in [9.17, 15) is 20.0 Å². The minimum atomic E-state index is -0.534. The van der Waals surface area contributed by atoms with E-state index < -0.39 is 11.0 Å². The summed E-state index contributed by atoms with van der Waals surface area (Å²) >= 11 is 1.96. The number of rotatable bonds is 6. The third kappa shape index (κ3) is 4.75. The lowest BCUT2D eigenvalue weighted by Crippen LogP contribution is -2.27. The number of aliphatic hydroxyl groups is 1. The topological polar surface area (TPSA) is 92.5 Å². The second-order valence-corrected chi connectivity index (χ2v) is 5.19. The first-order valence-electron chi connectivity index (χ1n) is 5.86. The molecule has 0 fully saturated rings. The fourth-order valence-corrected chi connectivity index (χ4v) is 2.03. The fourth-order valence-electron chi connectivity index (χ4n) is 1.45. The number of benzene rings is 1. The van der Waals surface area contributed by atoms with Crippen LogP contribution in [0.1, 0.15) is 30.1 Å². The van der Waals surface area contributed by atoms with Crippen molar-refractivity contribution < 1.29 is 14.8 Å². The number of aliphatic hydroxyl groups excluding tert-OH is 1. The van der Waals surface area contributed by atoms with Crippen molar-refractivity contribution in [3.8, 4) is 0 Å². The maximum absolute atomic E-state index is 11.9. The zero-order valence-corrected chi connectivity index (χ0v) is 12.6. The van der Waals surface area contributed by atoms with Gasteiger partial charge < -0.3 is 10.4 Å². The van der Waals surface area contributed by atoms with Crippen LogP contribution in [0.25, 0.3) is 0 Å². The molecular formula is C12H15IN2O4. The lowest BCUT2D eigenvalue weighted by molar-refractivity contribution is -0.384. The predicted molar refractivity (Wildman–Crippen MR) is 79.1 cm³/mol. The van der Waals surface area contributed by atoms with Gasteiger partial charge in [-0.25, -0.2) is 0 Å². The Morgan fingerprint density at radius 2 is 2.26 bits per heavy atom. The van der Waals surface area contributed by atoms with Gasteiger partial charge in [0.25, 0.3) is 11.6 Å². The predicted octanol–water partition coefficient (Wildman–Crippen LogP) is 2.09. The maximum atomic E-state index is 11.9. The van der Waals surface area contributed by atoms with Crippen molar-refractivity contribution in [1.29, 1.82) is 0 Å². The van der Waals surface area contributed by atoms with Gasteiger partial charge in [0.2, 0.25) is 0 Å². The molecule has 0 aromatic heterocycles. The van der Waals surface area contributed by atoms with Crippen molar-refractivity contribution in [3.05, 3.63) is 37.4 Å². The monoisotopic (exact) mass is 378 g/mol. The highest BCUT2D eigenvalue weighted by Crippen LogP contribution is 2.19. The summed E-state index contributed by atoms with van der Waals surface area (Å²) in [6.07, 6.45) is 0.655. The number of nitro benzene ring substituents is 1. The van der Waals surface area contributed by atoms with Crippen molar-refractivity contribution in [2.24, 2.45) is 0 Å². The molecule has 0 aliphatic heterocycles. The number of nitrogens with zero attached hydrogens (tertiary/aromatic N) is 1. The van der Waals surface area contributed by atoms with Crippen molar-refractivity contribution in [2.75, 3.05) is 6.54 Å². The van der Waals surface area contributed by atoms with Gasteiger partial charge in [-0.05, 0) is 41.5 Å². The number of nitro groups is 1. The molecule has 1 atom stereocenters. The summed E-state index contributed by atoms with van der Waals surface area (Å²) in [5, 5.41) is 22.7. The average molecular weight is 378 g/mol. The minimum Gasteiger partial charge on any atom is -0.393 e. The van der Waals surface area contributed by atoms with Gasteiger partial charge in [0, 0.05) is 22.2 Å². The Labute approximate surface area is 124 Å². The Morgan fingerprint density at radius 1 is 1.58 bits per heavy atom. The van der Waals surface area contributed by atoms with Crippen LogP contribution in [0.15, 0.2) is 18.2 Å². The molecule has 0 heterocycles. The molecule has 104 valence electrons. The molecule has 7 heteroatoms. The summed E-state index contributed by atoms with van der Waals surface area (Å²) in [7, 11) is 0. The normalized spacial score (nSPS) is 11.9. The van der Waals surface area contributed by atoms with Crippen LogP contribution in [0.5, 0.6) is 0 Å². The molecule has 1 rings (SSSR count). The summed E-state index contributed by atoms with van der Waals surface area (Å²) in [5.41, 5.74) is 0.167. The van der Waals surface area contributed by atoms with Gasteiger partial charge in [0.05, 0.1) is 16.6 Å². The number of amides is 1. The van der Waals surface area contributed by atoms with E-state index in [0.717, 1.165) is 0 Å². The first kappa shape index (κ1) is 15.8. The van der Waals surface area contributed by atoms with E-state index in [-0.39, 0.29) is 17.2 Å². The third-order valence-corrected chi connectivity index (χ3v) is 3.58. The van der Waals surface area contributed by atoms with E-state index in [2.05, 4.69) is 5.32 Å². The van der Waals surface area contributed by atoms with E-state index in [1.807, 2.05) is 29.5 Å². The number of halogens is 1. The van der Waals surface area contributed by atoms with Crippen LogP contribution in [0, 0.1) is 13.7 Å². The van der Waals surface area contributed by atoms with Crippen LogP contribution in [-0.2, 0) is 0 Å². The Balaban J connectivity index is 2.71. The second kappa shape index (κ2) is 7.39. The minimum absolute atomic E-state index is 0.112. The smallest absolute Gasteiger partial charge is 0.270 e. The molecule has 19 heavy (non-hydrogen) atoms. The molecule has 1 amide bonds. The first-order valence-corrected chi connectivity index (χ1v) is 6.93. The highest BCUT2D eigenvalue weighted by molar-refractivity contribution is 14.1. The molecule has 1 aromatic carbocycles. The van der Waals surface area contributed by atoms with Gasteiger partial charge in [-0.3, -0.25) is 14.9 Å². The van der Waals surface area contributed by atoms with E-state index >= 15 is 0 Å². The van der Waals surface area contributed by atoms with Crippen molar-refractivity contribution in [3.63, 3.8) is 0 Å². The van der Waals surface area contributed by atoms with E-state index in [0.29, 0.717) is 23.0 Å². The summed E-state index contributed by atoms with van der Waals surface area (Å²) in [5.74, 6) is -0.364. The fraction of sp³-hybridized carbons (Fsp3) is 0.417. The molecule has 1 unspecified atom stereocenters. The summed E-state index contributed by atoms with van der Waals surface area (Å²) in [6.45, 7) is 2.20. The Bertz CT molecular complexity index is 479. The maximum Gasteiger partial charge on any atom is 0.270 e. The average Bonchev–Trinajstić information content (AvgIpc) is 2.38. The molecule has 0 saturated heterocycles. The lowest BCUT2D eigenvalue weighted by atomic mass is 10.1. The van der Waals surface area contributed by atoms with Gasteiger partial charge in [-0.15, -0.1) is 0 Å². The van der Waals surface area contributed by atoms with Crippen LogP contribution in [-0.4, -0.2) is 28.6 Å². The zero-order chi connectivity index (χ0) is 14.4. The lowest BCUT2D eigenvalue weighted by Gasteiger charge is -2.09. The molecule has 6 nitrogen and oxygen atoms in total. The van der Waals surface area contributed by atoms with Crippen LogP contribution < -0.4 is 5.32 Å². The molecule has 0 aliphatic rings. The molecule has 0 spiro atoms. The number of carbonyl (C=O) groups excluding carboxylic acids is 1.